The summed E-state index contributed by atoms with van der Waals surface area (Å²) in [6, 6.07) is 10.5. The summed E-state index contributed by atoms with van der Waals surface area (Å²) in [4.78, 5) is 25.5. The summed E-state index contributed by atoms with van der Waals surface area (Å²) in [5.41, 5.74) is 4.97. The van der Waals surface area contributed by atoms with Crippen LogP contribution in [0.1, 0.15) is 27.0 Å². The van der Waals surface area contributed by atoms with Gasteiger partial charge in [-0.2, -0.15) is 10.0 Å². The van der Waals surface area contributed by atoms with Gasteiger partial charge < -0.3 is 10.2 Å². The molecule has 0 spiro atoms. The molecule has 28 heavy (non-hydrogen) atoms. The number of carboxylic acids is 1. The molecular formula is C23H20O4S. The van der Waals surface area contributed by atoms with E-state index in [4.69, 9.17) is 0 Å². The van der Waals surface area contributed by atoms with E-state index in [-0.39, 0.29) is 17.1 Å². The second-order valence-electron chi connectivity index (χ2n) is 7.38. The molecule has 1 aliphatic carbocycles. The van der Waals surface area contributed by atoms with Crippen LogP contribution in [0.3, 0.4) is 0 Å². The summed E-state index contributed by atoms with van der Waals surface area (Å²) >= 11 is 0. The summed E-state index contributed by atoms with van der Waals surface area (Å²) in [7, 11) is -1.50. The minimum atomic E-state index is -1.50. The van der Waals surface area contributed by atoms with Gasteiger partial charge in [0.15, 0.2) is 5.78 Å². The molecule has 4 nitrogen and oxygen atoms in total. The summed E-state index contributed by atoms with van der Waals surface area (Å²) in [5, 5.41) is 19.4. The Balaban J connectivity index is 2.08. The van der Waals surface area contributed by atoms with Crippen LogP contribution in [0.5, 0.6) is 5.75 Å². The topological polar surface area (TPSA) is 74.6 Å². The van der Waals surface area contributed by atoms with Crippen LogP contribution >= 0.6 is 10.0 Å². The lowest BCUT2D eigenvalue weighted by Gasteiger charge is -2.43. The Morgan fingerprint density at radius 1 is 1.00 bits per heavy atom. The van der Waals surface area contributed by atoms with Gasteiger partial charge >= 0.3 is 5.97 Å². The first-order valence-corrected chi connectivity index (χ1v) is 11.2. The van der Waals surface area contributed by atoms with Crippen molar-refractivity contribution in [1.29, 1.82) is 0 Å². The van der Waals surface area contributed by atoms with Crippen molar-refractivity contribution in [3.63, 3.8) is 0 Å². The molecule has 0 bridgehead atoms. The Hall–Kier alpha value is -3.05. The average Bonchev–Trinajstić information content (AvgIpc) is 2.64. The monoisotopic (exact) mass is 392 g/mol. The van der Waals surface area contributed by atoms with E-state index in [2.05, 4.69) is 12.5 Å². The fraction of sp³-hybridized carbons (Fsp3) is 0.130. The molecule has 5 heteroatoms. The smallest absolute Gasteiger partial charge is 0.335 e. The third-order valence-electron chi connectivity index (χ3n) is 5.30. The molecule has 2 aromatic carbocycles. The van der Waals surface area contributed by atoms with E-state index >= 15 is 0 Å². The number of aromatic hydroxyl groups is 1. The number of carbonyl (C=O) groups is 2. The minimum absolute atomic E-state index is 0.0415. The Labute approximate surface area is 164 Å². The molecule has 2 aliphatic rings. The second-order valence-corrected chi connectivity index (χ2v) is 10.9. The number of phenols is 1. The third-order valence-corrected chi connectivity index (χ3v) is 8.17. The maximum Gasteiger partial charge on any atom is 0.335 e. The van der Waals surface area contributed by atoms with E-state index in [0.29, 0.717) is 0 Å². The van der Waals surface area contributed by atoms with Gasteiger partial charge in [-0.1, -0.05) is 6.07 Å². The fourth-order valence-corrected chi connectivity index (χ4v) is 6.40. The van der Waals surface area contributed by atoms with Gasteiger partial charge in [0.2, 0.25) is 0 Å². The van der Waals surface area contributed by atoms with Gasteiger partial charge in [-0.25, -0.2) is 4.79 Å². The maximum absolute atomic E-state index is 12.1. The van der Waals surface area contributed by atoms with Crippen molar-refractivity contribution in [2.45, 2.75) is 11.8 Å². The molecule has 0 amide bonds. The number of ketones is 1. The number of hydrogen-bond acceptors (Lipinski definition) is 3. The van der Waals surface area contributed by atoms with Crippen LogP contribution in [-0.4, -0.2) is 34.5 Å². The zero-order valence-corrected chi connectivity index (χ0v) is 16.6. The Morgan fingerprint density at radius 2 is 1.71 bits per heavy atom. The molecule has 0 atom stereocenters. The number of allylic oxidation sites excluding steroid dienone is 4. The molecular weight excluding hydrogens is 372 g/mol. The molecule has 2 aromatic rings. The molecule has 4 rings (SSSR count). The SMILES string of the molecule is Cc1cc(C(=O)O)ccc1C1=C2C=CC(=O)C=C2S(C)(C)c2cc(O)ccc21. The van der Waals surface area contributed by atoms with Gasteiger partial charge in [-0.3, -0.25) is 4.79 Å². The number of carbonyl (C=O) groups excluding carboxylic acids is 1. The van der Waals surface area contributed by atoms with Gasteiger partial charge in [0.1, 0.15) is 5.75 Å². The Kier molecular flexibility index (Phi) is 4.08. The number of aryl methyl sites for hydroxylation is 1. The lowest BCUT2D eigenvalue weighted by Crippen LogP contribution is -2.16. The van der Waals surface area contributed by atoms with Gasteiger partial charge in [0.05, 0.1) is 5.56 Å². The van der Waals surface area contributed by atoms with Gasteiger partial charge in [0, 0.05) is 9.80 Å². The lowest BCUT2D eigenvalue weighted by atomic mass is 9.87. The fourth-order valence-electron chi connectivity index (χ4n) is 3.90. The standard InChI is InChI=1S/C23H20O4S/c1-13-10-14(23(26)27)4-7-17(13)22-18-8-5-15(24)11-20(18)28(2,3)21-12-16(25)6-9-19(21)22/h4-12,24H,1-3H3,(H,26,27). The number of benzene rings is 2. The van der Waals surface area contributed by atoms with E-state index in [1.54, 1.807) is 36.4 Å². The van der Waals surface area contributed by atoms with Gasteiger partial charge in [-0.05, 0) is 95.8 Å². The van der Waals surface area contributed by atoms with Gasteiger partial charge in [-0.15, -0.1) is 0 Å². The highest BCUT2D eigenvalue weighted by Gasteiger charge is 2.35. The highest BCUT2D eigenvalue weighted by molar-refractivity contribution is 8.36. The molecule has 0 unspecified atom stereocenters. The zero-order chi connectivity index (χ0) is 20.2. The average molecular weight is 392 g/mol. The highest BCUT2D eigenvalue weighted by atomic mass is 32.3. The van der Waals surface area contributed by atoms with E-state index in [1.165, 1.54) is 0 Å². The van der Waals surface area contributed by atoms with Crippen molar-refractivity contribution in [3.05, 3.63) is 87.4 Å². The van der Waals surface area contributed by atoms with Crippen LogP contribution in [0.15, 0.2) is 70.0 Å². The van der Waals surface area contributed by atoms with Crippen LogP contribution in [-0.2, 0) is 4.79 Å². The predicted molar refractivity (Wildman–Crippen MR) is 112 cm³/mol. The summed E-state index contributed by atoms with van der Waals surface area (Å²) < 4.78 is 0. The number of rotatable bonds is 2. The second kappa shape index (κ2) is 6.24. The predicted octanol–water partition coefficient (Wildman–Crippen LogP) is 4.66. The number of aromatic carboxylic acids is 1. The molecule has 2 N–H and O–H groups in total. The number of phenolic OH excluding ortho intramolecular Hbond substituents is 1. The molecule has 142 valence electrons. The molecule has 0 aromatic heterocycles. The number of carboxylic acid groups (broad SMARTS) is 1. The van der Waals surface area contributed by atoms with E-state index in [1.807, 2.05) is 25.1 Å². The summed E-state index contributed by atoms with van der Waals surface area (Å²) in [6.45, 7) is 1.89. The van der Waals surface area contributed by atoms with Gasteiger partial charge in [0.25, 0.3) is 0 Å². The van der Waals surface area contributed by atoms with Crippen LogP contribution in [0, 0.1) is 6.92 Å². The summed E-state index contributed by atoms with van der Waals surface area (Å²) in [6.07, 6.45) is 9.38. The van der Waals surface area contributed by atoms with E-state index in [9.17, 15) is 19.8 Å². The normalized spacial score (nSPS) is 18.2. The highest BCUT2D eigenvalue weighted by Crippen LogP contribution is 2.66. The van der Waals surface area contributed by atoms with Crippen molar-refractivity contribution in [2.75, 3.05) is 12.5 Å². The first-order chi connectivity index (χ1) is 13.2. The quantitative estimate of drug-likeness (QED) is 0.779. The molecule has 0 saturated carbocycles. The van der Waals surface area contributed by atoms with Crippen LogP contribution in [0.2, 0.25) is 0 Å². The van der Waals surface area contributed by atoms with Crippen LogP contribution in [0.4, 0.5) is 0 Å². The van der Waals surface area contributed by atoms with Crippen molar-refractivity contribution in [2.24, 2.45) is 0 Å². The molecule has 1 aliphatic heterocycles. The van der Waals surface area contributed by atoms with Crippen molar-refractivity contribution in [1.82, 2.24) is 0 Å². The largest absolute Gasteiger partial charge is 0.508 e. The first kappa shape index (κ1) is 18.3. The number of fused-ring (bicyclic) bond motifs is 2. The first-order valence-electron chi connectivity index (χ1n) is 8.79. The molecule has 0 fully saturated rings. The van der Waals surface area contributed by atoms with Crippen molar-refractivity contribution < 1.29 is 19.8 Å². The minimum Gasteiger partial charge on any atom is -0.508 e. The van der Waals surface area contributed by atoms with E-state index < -0.39 is 16.0 Å². The molecule has 1 heterocycles. The number of hydrogen-bond donors (Lipinski definition) is 2. The zero-order valence-electron chi connectivity index (χ0n) is 15.8. The van der Waals surface area contributed by atoms with E-state index in [0.717, 1.165) is 37.6 Å². The van der Waals surface area contributed by atoms with Crippen LogP contribution in [0.25, 0.3) is 5.57 Å². The Bertz CT molecular complexity index is 1150. The third kappa shape index (κ3) is 2.70. The van der Waals surface area contributed by atoms with Crippen LogP contribution < -0.4 is 0 Å². The molecule has 0 saturated heterocycles. The van der Waals surface area contributed by atoms with Crippen molar-refractivity contribution >= 4 is 27.4 Å². The summed E-state index contributed by atoms with van der Waals surface area (Å²) in [5.74, 6) is -0.811. The Morgan fingerprint density at radius 3 is 2.39 bits per heavy atom. The maximum atomic E-state index is 12.1. The lowest BCUT2D eigenvalue weighted by molar-refractivity contribution is -0.110. The molecule has 0 radical (unpaired) electrons. The van der Waals surface area contributed by atoms with Crippen molar-refractivity contribution in [3.8, 4) is 5.75 Å².